The Morgan fingerprint density at radius 1 is 1.44 bits per heavy atom. The molecule has 0 atom stereocenters. The highest BCUT2D eigenvalue weighted by Gasteiger charge is 2.43. The molecule has 1 N–H and O–H groups in total. The molecule has 0 spiro atoms. The summed E-state index contributed by atoms with van der Waals surface area (Å²) in [4.78, 5) is 11.9. The summed E-state index contributed by atoms with van der Waals surface area (Å²) in [6, 6.07) is 3.37. The van der Waals surface area contributed by atoms with Crippen LogP contribution in [0.5, 0.6) is 0 Å². The predicted octanol–water partition coefficient (Wildman–Crippen LogP) is 1.77. The highest BCUT2D eigenvalue weighted by atomic mass is 16.5. The third-order valence-electron chi connectivity index (χ3n) is 3.18. The number of amides is 1. The molecule has 0 radical (unpaired) electrons. The standard InChI is InChI=1S/C12H12N4O2/c1-12(3-4-12)10-6-9(16-18-10)11(17)15-8-2-5-13-14-7-8/h2,5-7H,3-4H2,1H3,(H,13,15,17). The summed E-state index contributed by atoms with van der Waals surface area (Å²) >= 11 is 0. The van der Waals surface area contributed by atoms with Gasteiger partial charge in [0.2, 0.25) is 0 Å². The van der Waals surface area contributed by atoms with Crippen LogP contribution in [0.4, 0.5) is 5.69 Å². The molecular weight excluding hydrogens is 232 g/mol. The van der Waals surface area contributed by atoms with Gasteiger partial charge in [-0.25, -0.2) is 0 Å². The van der Waals surface area contributed by atoms with Crippen molar-refractivity contribution in [1.82, 2.24) is 15.4 Å². The fourth-order valence-corrected chi connectivity index (χ4v) is 1.66. The van der Waals surface area contributed by atoms with Crippen LogP contribution in [0.25, 0.3) is 0 Å². The normalized spacial score (nSPS) is 16.3. The second-order valence-corrected chi connectivity index (χ2v) is 4.72. The summed E-state index contributed by atoms with van der Waals surface area (Å²) in [5.41, 5.74) is 0.941. The molecule has 1 aliphatic carbocycles. The molecule has 1 fully saturated rings. The van der Waals surface area contributed by atoms with Crippen molar-refractivity contribution in [3.63, 3.8) is 0 Å². The molecule has 1 amide bonds. The van der Waals surface area contributed by atoms with Gasteiger partial charge in [-0.1, -0.05) is 12.1 Å². The maximum absolute atomic E-state index is 11.9. The molecule has 18 heavy (non-hydrogen) atoms. The van der Waals surface area contributed by atoms with E-state index in [9.17, 15) is 4.79 Å². The summed E-state index contributed by atoms with van der Waals surface area (Å²) in [6.45, 7) is 2.10. The van der Waals surface area contributed by atoms with E-state index in [4.69, 9.17) is 4.52 Å². The number of anilines is 1. The molecule has 1 saturated carbocycles. The molecule has 2 heterocycles. The topological polar surface area (TPSA) is 80.9 Å². The molecule has 2 aromatic rings. The second kappa shape index (κ2) is 3.90. The second-order valence-electron chi connectivity index (χ2n) is 4.72. The molecule has 0 aromatic carbocycles. The van der Waals surface area contributed by atoms with Crippen LogP contribution < -0.4 is 5.32 Å². The lowest BCUT2D eigenvalue weighted by Gasteiger charge is -2.00. The predicted molar refractivity (Wildman–Crippen MR) is 63.1 cm³/mol. The Kier molecular flexibility index (Phi) is 2.36. The van der Waals surface area contributed by atoms with E-state index < -0.39 is 0 Å². The van der Waals surface area contributed by atoms with Crippen molar-refractivity contribution >= 4 is 11.6 Å². The third-order valence-corrected chi connectivity index (χ3v) is 3.18. The van der Waals surface area contributed by atoms with Gasteiger partial charge in [0.15, 0.2) is 5.69 Å². The molecule has 0 bridgehead atoms. The lowest BCUT2D eigenvalue weighted by molar-refractivity contribution is 0.101. The molecule has 0 aliphatic heterocycles. The Morgan fingerprint density at radius 3 is 2.94 bits per heavy atom. The quantitative estimate of drug-likeness (QED) is 0.889. The minimum atomic E-state index is -0.303. The zero-order chi connectivity index (χ0) is 12.6. The van der Waals surface area contributed by atoms with Crippen molar-refractivity contribution in [2.45, 2.75) is 25.2 Å². The number of carbonyl (C=O) groups excluding carboxylic acids is 1. The lowest BCUT2D eigenvalue weighted by atomic mass is 10.1. The Labute approximate surface area is 103 Å². The van der Waals surface area contributed by atoms with Gasteiger partial charge < -0.3 is 9.84 Å². The van der Waals surface area contributed by atoms with Crippen molar-refractivity contribution in [1.29, 1.82) is 0 Å². The van der Waals surface area contributed by atoms with Gasteiger partial charge in [-0.05, 0) is 18.9 Å². The van der Waals surface area contributed by atoms with Crippen molar-refractivity contribution in [2.75, 3.05) is 5.32 Å². The van der Waals surface area contributed by atoms with Gasteiger partial charge in [0.1, 0.15) is 5.76 Å². The third kappa shape index (κ3) is 1.97. The lowest BCUT2D eigenvalue weighted by Crippen LogP contribution is -2.12. The number of nitrogens with zero attached hydrogens (tertiary/aromatic N) is 3. The van der Waals surface area contributed by atoms with Crippen LogP contribution in [0.1, 0.15) is 36.0 Å². The van der Waals surface area contributed by atoms with Crippen LogP contribution in [0.2, 0.25) is 0 Å². The maximum Gasteiger partial charge on any atom is 0.277 e. The van der Waals surface area contributed by atoms with Gasteiger partial charge in [-0.15, -0.1) is 0 Å². The molecule has 92 valence electrons. The first kappa shape index (κ1) is 10.9. The average molecular weight is 244 g/mol. The Hall–Kier alpha value is -2.24. The SMILES string of the molecule is CC1(c2cc(C(=O)Nc3ccnnc3)no2)CC1. The van der Waals surface area contributed by atoms with Gasteiger partial charge in [-0.2, -0.15) is 10.2 Å². The van der Waals surface area contributed by atoms with Crippen molar-refractivity contribution in [2.24, 2.45) is 0 Å². The number of carbonyl (C=O) groups is 1. The van der Waals surface area contributed by atoms with Crippen molar-refractivity contribution in [3.05, 3.63) is 36.0 Å². The molecule has 6 nitrogen and oxygen atoms in total. The van der Waals surface area contributed by atoms with Crippen molar-refractivity contribution < 1.29 is 9.32 Å². The smallest absolute Gasteiger partial charge is 0.277 e. The van der Waals surface area contributed by atoms with Crippen LogP contribution in [0.15, 0.2) is 29.0 Å². The van der Waals surface area contributed by atoms with E-state index in [0.717, 1.165) is 18.6 Å². The molecule has 2 aromatic heterocycles. The zero-order valence-corrected chi connectivity index (χ0v) is 9.88. The van der Waals surface area contributed by atoms with Gasteiger partial charge in [0.25, 0.3) is 5.91 Å². The molecule has 6 heteroatoms. The molecule has 0 saturated heterocycles. The number of hydrogen-bond acceptors (Lipinski definition) is 5. The van der Waals surface area contributed by atoms with Gasteiger partial charge >= 0.3 is 0 Å². The monoisotopic (exact) mass is 244 g/mol. The number of hydrogen-bond donors (Lipinski definition) is 1. The van der Waals surface area contributed by atoms with E-state index in [-0.39, 0.29) is 17.0 Å². The van der Waals surface area contributed by atoms with E-state index in [0.29, 0.717) is 5.69 Å². The van der Waals surface area contributed by atoms with E-state index in [1.165, 1.54) is 12.4 Å². The highest BCUT2D eigenvalue weighted by Crippen LogP contribution is 2.47. The van der Waals surface area contributed by atoms with Gasteiger partial charge in [0, 0.05) is 11.5 Å². The van der Waals surface area contributed by atoms with Crippen LogP contribution >= 0.6 is 0 Å². The molecular formula is C12H12N4O2. The van der Waals surface area contributed by atoms with E-state index in [1.807, 2.05) is 0 Å². The maximum atomic E-state index is 11.9. The minimum absolute atomic E-state index is 0.0732. The summed E-state index contributed by atoms with van der Waals surface area (Å²) in [5.74, 6) is 0.475. The van der Waals surface area contributed by atoms with Crippen LogP contribution in [0.3, 0.4) is 0 Å². The van der Waals surface area contributed by atoms with E-state index in [1.54, 1.807) is 12.1 Å². The average Bonchev–Trinajstić information content (AvgIpc) is 2.95. The molecule has 0 unspecified atom stereocenters. The fraction of sp³-hybridized carbons (Fsp3) is 0.333. The number of nitrogens with one attached hydrogen (secondary N) is 1. The Morgan fingerprint density at radius 2 is 2.28 bits per heavy atom. The first-order valence-corrected chi connectivity index (χ1v) is 5.73. The summed E-state index contributed by atoms with van der Waals surface area (Å²) < 4.78 is 5.21. The Bertz CT molecular complexity index is 575. The minimum Gasteiger partial charge on any atom is -0.360 e. The highest BCUT2D eigenvalue weighted by molar-refractivity contribution is 6.02. The Balaban J connectivity index is 1.75. The fourth-order valence-electron chi connectivity index (χ4n) is 1.66. The van der Waals surface area contributed by atoms with Crippen LogP contribution in [0, 0.1) is 0 Å². The molecule has 3 rings (SSSR count). The summed E-state index contributed by atoms with van der Waals surface area (Å²) in [6.07, 6.45) is 5.14. The van der Waals surface area contributed by atoms with E-state index >= 15 is 0 Å². The summed E-state index contributed by atoms with van der Waals surface area (Å²) in [5, 5.41) is 13.8. The first-order valence-electron chi connectivity index (χ1n) is 5.73. The first-order chi connectivity index (χ1) is 8.67. The van der Waals surface area contributed by atoms with Crippen molar-refractivity contribution in [3.8, 4) is 0 Å². The van der Waals surface area contributed by atoms with Crippen LogP contribution in [-0.4, -0.2) is 21.3 Å². The van der Waals surface area contributed by atoms with E-state index in [2.05, 4.69) is 27.6 Å². The molecule has 1 aliphatic rings. The largest absolute Gasteiger partial charge is 0.360 e. The van der Waals surface area contributed by atoms with Gasteiger partial charge in [-0.3, -0.25) is 4.79 Å². The van der Waals surface area contributed by atoms with Gasteiger partial charge in [0.05, 0.1) is 18.1 Å². The van der Waals surface area contributed by atoms with Crippen LogP contribution in [-0.2, 0) is 5.41 Å². The summed E-state index contributed by atoms with van der Waals surface area (Å²) in [7, 11) is 0. The number of aromatic nitrogens is 3. The zero-order valence-electron chi connectivity index (χ0n) is 9.88. The number of rotatable bonds is 3.